The van der Waals surface area contributed by atoms with Crippen molar-refractivity contribution in [3.05, 3.63) is 58.2 Å². The third kappa shape index (κ3) is 5.37. The van der Waals surface area contributed by atoms with Gasteiger partial charge in [-0.1, -0.05) is 23.2 Å². The number of carbonyl (C=O) groups is 1. The van der Waals surface area contributed by atoms with Crippen LogP contribution in [0.25, 0.3) is 11.1 Å². The van der Waals surface area contributed by atoms with Crippen molar-refractivity contribution in [1.82, 2.24) is 19.7 Å². The van der Waals surface area contributed by atoms with E-state index in [2.05, 4.69) is 10.1 Å². The van der Waals surface area contributed by atoms with Gasteiger partial charge in [0.15, 0.2) is 11.6 Å². The van der Waals surface area contributed by atoms with E-state index in [0.29, 0.717) is 29.4 Å². The zero-order chi connectivity index (χ0) is 25.3. The molecule has 2 aromatic heterocycles. The molecule has 3 aromatic rings. The Kier molecular flexibility index (Phi) is 7.49. The normalized spacial score (nSPS) is 16.2. The average Bonchev–Trinajstić information content (AvgIpc) is 3.33. The Labute approximate surface area is 213 Å². The minimum Gasteiger partial charge on any atom is -0.482 e. The van der Waals surface area contributed by atoms with Crippen molar-refractivity contribution in [2.75, 3.05) is 18.8 Å². The molecule has 0 saturated carbocycles. The molecule has 3 heterocycles. The van der Waals surface area contributed by atoms with Crippen molar-refractivity contribution >= 4 is 34.9 Å². The quantitative estimate of drug-likeness (QED) is 0.458. The smallest absolute Gasteiger partial charge is 0.239 e. The second kappa shape index (κ2) is 10.4. The summed E-state index contributed by atoms with van der Waals surface area (Å²) in [6, 6.07) is 4.07. The molecule has 0 radical (unpaired) electrons. The maximum Gasteiger partial charge on any atom is 0.239 e. The highest BCUT2D eigenvalue weighted by Gasteiger charge is 2.26. The van der Waals surface area contributed by atoms with Gasteiger partial charge in [0, 0.05) is 47.2 Å². The number of anilines is 1. The fourth-order valence-electron chi connectivity index (χ4n) is 4.20. The van der Waals surface area contributed by atoms with Gasteiger partial charge in [-0.15, -0.1) is 0 Å². The number of nitrogen functional groups attached to an aromatic ring is 1. The number of likely N-dealkylation sites (tertiary alicyclic amines) is 1. The number of halogens is 3. The van der Waals surface area contributed by atoms with E-state index >= 15 is 0 Å². The van der Waals surface area contributed by atoms with E-state index in [4.69, 9.17) is 39.4 Å². The van der Waals surface area contributed by atoms with Crippen LogP contribution in [-0.2, 0) is 4.79 Å². The molecule has 1 aliphatic heterocycles. The minimum absolute atomic E-state index is 0.0277. The molecule has 0 bridgehead atoms. The van der Waals surface area contributed by atoms with E-state index in [-0.39, 0.29) is 22.8 Å². The number of nitrogens with zero attached hydrogens (tertiary/aromatic N) is 4. The maximum absolute atomic E-state index is 14.0. The molecular formula is C24H27Cl2FN6O2. The first kappa shape index (κ1) is 25.2. The number of aromatic nitrogens is 3. The first-order valence-electron chi connectivity index (χ1n) is 11.3. The van der Waals surface area contributed by atoms with Crippen LogP contribution in [0.5, 0.6) is 5.75 Å². The lowest BCUT2D eigenvalue weighted by Gasteiger charge is -2.33. The first-order chi connectivity index (χ1) is 16.7. The van der Waals surface area contributed by atoms with Crippen LogP contribution >= 0.6 is 23.2 Å². The molecule has 35 heavy (non-hydrogen) atoms. The fraction of sp³-hybridized carbons (Fsp3) is 0.375. The number of piperidine rings is 1. The zero-order valence-electron chi connectivity index (χ0n) is 19.4. The van der Waals surface area contributed by atoms with Gasteiger partial charge in [-0.3, -0.25) is 9.48 Å². The topological polar surface area (TPSA) is 112 Å². The molecular weight excluding hydrogens is 494 g/mol. The zero-order valence-corrected chi connectivity index (χ0v) is 20.9. The van der Waals surface area contributed by atoms with E-state index in [1.54, 1.807) is 37.2 Å². The molecule has 1 aromatic carbocycles. The highest BCUT2D eigenvalue weighted by atomic mass is 35.5. The minimum atomic E-state index is -0.670. The maximum atomic E-state index is 14.0. The second-order valence-corrected chi connectivity index (χ2v) is 9.46. The largest absolute Gasteiger partial charge is 0.482 e. The summed E-state index contributed by atoms with van der Waals surface area (Å²) in [5.74, 6) is -0.105. The Morgan fingerprint density at radius 1 is 1.20 bits per heavy atom. The Morgan fingerprint density at radius 2 is 1.91 bits per heavy atom. The summed E-state index contributed by atoms with van der Waals surface area (Å²) in [6.07, 6.45) is 6.24. The number of rotatable bonds is 6. The summed E-state index contributed by atoms with van der Waals surface area (Å²) in [5, 5.41) is 4.73. The molecule has 8 nitrogen and oxygen atoms in total. The Hall–Kier alpha value is -2.88. The number of pyridine rings is 1. The third-order valence-corrected chi connectivity index (χ3v) is 6.86. The number of ether oxygens (including phenoxy) is 1. The summed E-state index contributed by atoms with van der Waals surface area (Å²) in [4.78, 5) is 18.2. The molecule has 0 unspecified atom stereocenters. The number of hydrogen-bond donors (Lipinski definition) is 2. The Balaban J connectivity index is 1.49. The van der Waals surface area contributed by atoms with Crippen LogP contribution in [0.2, 0.25) is 10.0 Å². The van der Waals surface area contributed by atoms with Crippen LogP contribution in [-0.4, -0.2) is 44.7 Å². The van der Waals surface area contributed by atoms with Gasteiger partial charge in [0.1, 0.15) is 11.9 Å². The van der Waals surface area contributed by atoms with E-state index in [1.165, 1.54) is 12.1 Å². The highest BCUT2D eigenvalue weighted by Crippen LogP contribution is 2.37. The van der Waals surface area contributed by atoms with E-state index in [1.807, 2.05) is 10.9 Å². The van der Waals surface area contributed by atoms with Gasteiger partial charge in [0.2, 0.25) is 5.91 Å². The molecule has 186 valence electrons. The van der Waals surface area contributed by atoms with Gasteiger partial charge in [0.05, 0.1) is 23.3 Å². The number of hydrogen-bond acceptors (Lipinski definition) is 6. The van der Waals surface area contributed by atoms with E-state index < -0.39 is 18.0 Å². The fourth-order valence-corrected chi connectivity index (χ4v) is 4.88. The number of carbonyl (C=O) groups excluding carboxylic acids is 1. The molecule has 4 N–H and O–H groups in total. The van der Waals surface area contributed by atoms with Gasteiger partial charge < -0.3 is 21.1 Å². The van der Waals surface area contributed by atoms with Crippen LogP contribution in [0.4, 0.5) is 10.2 Å². The molecule has 1 fully saturated rings. The predicted molar refractivity (Wildman–Crippen MR) is 134 cm³/mol. The van der Waals surface area contributed by atoms with Crippen LogP contribution in [0.15, 0.2) is 36.8 Å². The SMILES string of the molecule is C[C@H](N)C(=O)N1CCC(n2cc(-c3cnc(N)c(O[C@H](C)c4c(Cl)ccc(F)c4Cl)c3)cn2)CC1. The molecule has 0 aliphatic carbocycles. The number of nitrogens with two attached hydrogens (primary N) is 2. The average molecular weight is 521 g/mol. The van der Waals surface area contributed by atoms with Crippen molar-refractivity contribution in [2.24, 2.45) is 5.73 Å². The second-order valence-electron chi connectivity index (χ2n) is 8.68. The Bertz CT molecular complexity index is 1230. The summed E-state index contributed by atoms with van der Waals surface area (Å²) in [7, 11) is 0. The van der Waals surface area contributed by atoms with Crippen molar-refractivity contribution in [3.63, 3.8) is 0 Å². The van der Waals surface area contributed by atoms with Crippen molar-refractivity contribution in [3.8, 4) is 16.9 Å². The van der Waals surface area contributed by atoms with Crippen molar-refractivity contribution in [2.45, 2.75) is 44.9 Å². The van der Waals surface area contributed by atoms with Crippen LogP contribution < -0.4 is 16.2 Å². The van der Waals surface area contributed by atoms with Gasteiger partial charge in [-0.2, -0.15) is 5.10 Å². The monoisotopic (exact) mass is 520 g/mol. The van der Waals surface area contributed by atoms with E-state index in [9.17, 15) is 9.18 Å². The standard InChI is InChI=1S/C24H27Cl2FN6O2/c1-13(28)24(34)32-7-5-17(6-8-32)33-12-16(11-31-33)15-9-20(23(29)30-10-15)35-14(2)21-18(25)3-4-19(27)22(21)26/h3-4,9-14,17H,5-8,28H2,1-2H3,(H2,29,30)/t13-,14+/m0/s1. The van der Waals surface area contributed by atoms with Gasteiger partial charge in [-0.05, 0) is 44.9 Å². The lowest BCUT2D eigenvalue weighted by Crippen LogP contribution is -2.46. The molecule has 11 heteroatoms. The van der Waals surface area contributed by atoms with Gasteiger partial charge in [-0.25, -0.2) is 9.37 Å². The van der Waals surface area contributed by atoms with Crippen LogP contribution in [0.1, 0.15) is 44.4 Å². The van der Waals surface area contributed by atoms with Crippen LogP contribution in [0, 0.1) is 5.82 Å². The lowest BCUT2D eigenvalue weighted by atomic mass is 10.0. The number of benzene rings is 1. The summed E-state index contributed by atoms with van der Waals surface area (Å²) in [6.45, 7) is 4.70. The summed E-state index contributed by atoms with van der Waals surface area (Å²) < 4.78 is 21.9. The molecule has 1 aliphatic rings. The molecule has 1 saturated heterocycles. The summed E-state index contributed by atoms with van der Waals surface area (Å²) >= 11 is 12.4. The van der Waals surface area contributed by atoms with Crippen molar-refractivity contribution in [1.29, 1.82) is 0 Å². The number of amides is 1. The first-order valence-corrected chi connectivity index (χ1v) is 12.1. The predicted octanol–water partition coefficient (Wildman–Crippen LogP) is 4.62. The van der Waals surface area contributed by atoms with Gasteiger partial charge >= 0.3 is 0 Å². The Morgan fingerprint density at radius 3 is 2.60 bits per heavy atom. The van der Waals surface area contributed by atoms with Gasteiger partial charge in [0.25, 0.3) is 0 Å². The molecule has 0 spiro atoms. The van der Waals surface area contributed by atoms with E-state index in [0.717, 1.165) is 24.0 Å². The van der Waals surface area contributed by atoms with Crippen molar-refractivity contribution < 1.29 is 13.9 Å². The molecule has 4 rings (SSSR count). The third-order valence-electron chi connectivity index (χ3n) is 6.15. The molecule has 1 amide bonds. The summed E-state index contributed by atoms with van der Waals surface area (Å²) in [5.41, 5.74) is 13.7. The molecule has 2 atom stereocenters. The highest BCUT2D eigenvalue weighted by molar-refractivity contribution is 6.36. The lowest BCUT2D eigenvalue weighted by molar-refractivity contribution is -0.133. The van der Waals surface area contributed by atoms with Crippen LogP contribution in [0.3, 0.4) is 0 Å².